The van der Waals surface area contributed by atoms with Crippen molar-refractivity contribution in [3.05, 3.63) is 82.9 Å². The zero-order chi connectivity index (χ0) is 22.5. The van der Waals surface area contributed by atoms with E-state index in [1.165, 1.54) is 4.90 Å². The van der Waals surface area contributed by atoms with Gasteiger partial charge in [-0.15, -0.1) is 5.10 Å². The van der Waals surface area contributed by atoms with Crippen molar-refractivity contribution in [2.45, 2.75) is 31.3 Å². The van der Waals surface area contributed by atoms with Crippen molar-refractivity contribution in [3.63, 3.8) is 0 Å². The first kappa shape index (κ1) is 20.2. The molecular weight excluding hydrogens is 438 g/mol. The molecule has 33 heavy (non-hydrogen) atoms. The molecule has 6 rings (SSSR count). The van der Waals surface area contributed by atoms with E-state index in [2.05, 4.69) is 27.5 Å². The van der Waals surface area contributed by atoms with Gasteiger partial charge in [0, 0.05) is 5.02 Å². The number of carbonyl (C=O) groups excluding carboxylic acids is 2. The monoisotopic (exact) mass is 459 g/mol. The van der Waals surface area contributed by atoms with Gasteiger partial charge in [-0.3, -0.25) is 9.59 Å². The lowest BCUT2D eigenvalue weighted by molar-refractivity contribution is -0.122. The highest BCUT2D eigenvalue weighted by Crippen LogP contribution is 2.41. The molecule has 2 aromatic carbocycles. The molecule has 1 saturated heterocycles. The number of imide groups is 1. The van der Waals surface area contributed by atoms with Crippen LogP contribution in [0.15, 0.2) is 66.7 Å². The van der Waals surface area contributed by atoms with E-state index in [1.807, 2.05) is 54.6 Å². The van der Waals surface area contributed by atoms with Gasteiger partial charge >= 0.3 is 0 Å². The van der Waals surface area contributed by atoms with Crippen LogP contribution in [0.1, 0.15) is 42.5 Å². The summed E-state index contributed by atoms with van der Waals surface area (Å²) >= 11 is 6.12. The first-order valence-corrected chi connectivity index (χ1v) is 11.5. The molecule has 3 heterocycles. The molecule has 1 aliphatic carbocycles. The van der Waals surface area contributed by atoms with Crippen LogP contribution in [0.2, 0.25) is 5.02 Å². The summed E-state index contributed by atoms with van der Waals surface area (Å²) in [5.74, 6) is -0.367. The Labute approximate surface area is 196 Å². The third-order valence-corrected chi connectivity index (χ3v) is 7.09. The molecule has 2 aliphatic heterocycles. The largest absolute Gasteiger partial charge is 0.347 e. The van der Waals surface area contributed by atoms with Crippen LogP contribution in [-0.4, -0.2) is 26.6 Å². The van der Waals surface area contributed by atoms with Gasteiger partial charge in [0.1, 0.15) is 0 Å². The summed E-state index contributed by atoms with van der Waals surface area (Å²) in [6.45, 7) is 0. The molecule has 3 aliphatic rings. The Morgan fingerprint density at radius 2 is 1.55 bits per heavy atom. The molecule has 1 N–H and O–H groups in total. The van der Waals surface area contributed by atoms with Gasteiger partial charge in [-0.1, -0.05) is 66.2 Å². The van der Waals surface area contributed by atoms with E-state index in [4.69, 9.17) is 11.6 Å². The van der Waals surface area contributed by atoms with Crippen LogP contribution in [0, 0.1) is 11.8 Å². The lowest BCUT2D eigenvalue weighted by Crippen LogP contribution is -2.32. The van der Waals surface area contributed by atoms with E-state index >= 15 is 0 Å². The fourth-order valence-electron chi connectivity index (χ4n) is 5.12. The number of hydrogen-bond donors (Lipinski definition) is 1. The van der Waals surface area contributed by atoms with E-state index in [0.29, 0.717) is 23.8 Å². The predicted molar refractivity (Wildman–Crippen MR) is 125 cm³/mol. The second-order valence-corrected chi connectivity index (χ2v) is 9.19. The number of nitrogens with one attached hydrogen (secondary N) is 1. The van der Waals surface area contributed by atoms with Crippen molar-refractivity contribution in [2.24, 2.45) is 11.8 Å². The maximum absolute atomic E-state index is 13.1. The Hall–Kier alpha value is -3.45. The maximum Gasteiger partial charge on any atom is 0.260 e. The minimum Gasteiger partial charge on any atom is -0.347 e. The van der Waals surface area contributed by atoms with E-state index < -0.39 is 0 Å². The lowest BCUT2D eigenvalue weighted by atomic mass is 9.85. The normalized spacial score (nSPS) is 26.2. The van der Waals surface area contributed by atoms with Gasteiger partial charge in [-0.25, -0.2) is 9.58 Å². The minimum atomic E-state index is -0.319. The Kier molecular flexibility index (Phi) is 4.80. The smallest absolute Gasteiger partial charge is 0.260 e. The molecule has 0 spiro atoms. The van der Waals surface area contributed by atoms with Gasteiger partial charge in [0.25, 0.3) is 5.95 Å². The summed E-state index contributed by atoms with van der Waals surface area (Å²) < 4.78 is 1.79. The molecule has 166 valence electrons. The highest BCUT2D eigenvalue weighted by molar-refractivity contribution is 6.30. The Morgan fingerprint density at radius 1 is 0.879 bits per heavy atom. The first-order chi connectivity index (χ1) is 16.1. The number of nitrogens with zero attached hydrogens (tertiary/aromatic N) is 4. The van der Waals surface area contributed by atoms with Crippen molar-refractivity contribution in [2.75, 3.05) is 10.2 Å². The third-order valence-electron chi connectivity index (χ3n) is 6.84. The summed E-state index contributed by atoms with van der Waals surface area (Å²) in [5, 5.41) is 8.80. The van der Waals surface area contributed by atoms with Crippen LogP contribution in [0.4, 0.5) is 11.9 Å². The minimum absolute atomic E-state index is 0.00758. The lowest BCUT2D eigenvalue weighted by Gasteiger charge is -2.31. The predicted octanol–water partition coefficient (Wildman–Crippen LogP) is 4.53. The standard InChI is InChI=1S/C25H22ClN5O2/c26-17-12-10-16(11-13-17)21-14-20(15-6-2-1-3-7-15)27-24-28-25(29-31(21)24)30-22(32)18-8-4-5-9-19(18)23(30)33/h1-7,10-13,18-21H,8-9,14H2,(H,27,28,29)/t18-,19+,20-,21-/m1/s1. The first-order valence-electron chi connectivity index (χ1n) is 11.2. The fraction of sp³-hybridized carbons (Fsp3) is 0.280. The third kappa shape index (κ3) is 3.35. The summed E-state index contributed by atoms with van der Waals surface area (Å²) in [6, 6.07) is 17.7. The van der Waals surface area contributed by atoms with Crippen LogP contribution >= 0.6 is 11.6 Å². The van der Waals surface area contributed by atoms with Gasteiger partial charge < -0.3 is 5.32 Å². The van der Waals surface area contributed by atoms with Gasteiger partial charge in [0.05, 0.1) is 23.9 Å². The number of fused-ring (bicyclic) bond motifs is 2. The topological polar surface area (TPSA) is 80.1 Å². The Bertz CT molecular complexity index is 1230. The van der Waals surface area contributed by atoms with E-state index in [-0.39, 0.29) is 41.7 Å². The van der Waals surface area contributed by atoms with Gasteiger partial charge in [0.15, 0.2) is 0 Å². The van der Waals surface area contributed by atoms with Crippen LogP contribution in [0.5, 0.6) is 0 Å². The quantitative estimate of drug-likeness (QED) is 0.459. The summed E-state index contributed by atoms with van der Waals surface area (Å²) in [5.41, 5.74) is 2.18. The van der Waals surface area contributed by atoms with Crippen LogP contribution < -0.4 is 10.2 Å². The number of allylic oxidation sites excluding steroid dienone is 2. The van der Waals surface area contributed by atoms with Crippen molar-refractivity contribution >= 4 is 35.3 Å². The summed E-state index contributed by atoms with van der Waals surface area (Å²) in [4.78, 5) is 32.0. The molecular formula is C25H22ClN5O2. The molecule has 2 amide bonds. The number of hydrogen-bond acceptors (Lipinski definition) is 5. The number of amides is 2. The molecule has 1 fully saturated rings. The van der Waals surface area contributed by atoms with Crippen molar-refractivity contribution < 1.29 is 9.59 Å². The second-order valence-electron chi connectivity index (χ2n) is 8.76. The molecule has 4 atom stereocenters. The molecule has 7 nitrogen and oxygen atoms in total. The average Bonchev–Trinajstić information content (AvgIpc) is 3.38. The van der Waals surface area contributed by atoms with E-state index in [9.17, 15) is 9.59 Å². The average molecular weight is 460 g/mol. The number of carbonyl (C=O) groups is 2. The highest BCUT2D eigenvalue weighted by atomic mass is 35.5. The number of halogens is 1. The van der Waals surface area contributed by atoms with Crippen molar-refractivity contribution in [1.29, 1.82) is 0 Å². The molecule has 0 unspecified atom stereocenters. The van der Waals surface area contributed by atoms with Gasteiger partial charge in [-0.2, -0.15) is 4.98 Å². The summed E-state index contributed by atoms with van der Waals surface area (Å²) in [6.07, 6.45) is 5.86. The zero-order valence-electron chi connectivity index (χ0n) is 17.8. The molecule has 3 aromatic rings. The van der Waals surface area contributed by atoms with Gasteiger partial charge in [-0.05, 0) is 42.5 Å². The molecule has 0 saturated carbocycles. The summed E-state index contributed by atoms with van der Waals surface area (Å²) in [7, 11) is 0. The van der Waals surface area contributed by atoms with E-state index in [1.54, 1.807) is 4.68 Å². The van der Waals surface area contributed by atoms with Crippen molar-refractivity contribution in [1.82, 2.24) is 14.8 Å². The maximum atomic E-state index is 13.1. The molecule has 0 radical (unpaired) electrons. The number of rotatable bonds is 3. The number of benzene rings is 2. The van der Waals surface area contributed by atoms with Crippen LogP contribution in [0.25, 0.3) is 0 Å². The fourth-order valence-corrected chi connectivity index (χ4v) is 5.25. The molecule has 0 bridgehead atoms. The Morgan fingerprint density at radius 3 is 2.21 bits per heavy atom. The molecule has 1 aromatic heterocycles. The van der Waals surface area contributed by atoms with E-state index in [0.717, 1.165) is 17.5 Å². The van der Waals surface area contributed by atoms with Gasteiger partial charge in [0.2, 0.25) is 17.8 Å². The van der Waals surface area contributed by atoms with Crippen LogP contribution in [-0.2, 0) is 9.59 Å². The second kappa shape index (κ2) is 7.85. The Balaban J connectivity index is 1.41. The van der Waals surface area contributed by atoms with Crippen LogP contribution in [0.3, 0.4) is 0 Å². The number of aromatic nitrogens is 3. The molecule has 8 heteroatoms. The zero-order valence-corrected chi connectivity index (χ0v) is 18.5. The SMILES string of the molecule is O=C1[C@H]2CC=CC[C@H]2C(=O)N1c1nc2n(n1)[C@@H](c1ccc(Cl)cc1)C[C@H](c1ccccc1)N2. The number of anilines is 2. The van der Waals surface area contributed by atoms with Crippen molar-refractivity contribution in [3.8, 4) is 0 Å². The highest BCUT2D eigenvalue weighted by Gasteiger charge is 2.49.